The maximum atomic E-state index is 11.5. The predicted molar refractivity (Wildman–Crippen MR) is 84.3 cm³/mol. The Hall–Kier alpha value is -1.94. The standard InChI is InChI=1S/C17H21N3O/c1-12(20-9-3-4-10-20)14-5-7-15(8-6-14)16-11-17(21)19-13(2)18-16/h5-8,11-12H,3-4,9-10H2,1-2H3,(H,18,19,21). The molecule has 1 aromatic heterocycles. The number of hydrogen-bond acceptors (Lipinski definition) is 3. The van der Waals surface area contributed by atoms with Crippen molar-refractivity contribution in [2.24, 2.45) is 0 Å². The summed E-state index contributed by atoms with van der Waals surface area (Å²) in [6, 6.07) is 10.4. The third kappa shape index (κ3) is 3.05. The number of likely N-dealkylation sites (tertiary alicyclic amines) is 1. The Balaban J connectivity index is 1.84. The summed E-state index contributed by atoms with van der Waals surface area (Å²) in [5, 5.41) is 0. The zero-order valence-corrected chi connectivity index (χ0v) is 12.6. The summed E-state index contributed by atoms with van der Waals surface area (Å²) in [5.74, 6) is 0.645. The fourth-order valence-electron chi connectivity index (χ4n) is 3.00. The molecule has 1 unspecified atom stereocenters. The van der Waals surface area contributed by atoms with E-state index in [0.29, 0.717) is 11.9 Å². The first kappa shape index (κ1) is 14.0. The number of aryl methyl sites for hydroxylation is 1. The highest BCUT2D eigenvalue weighted by atomic mass is 16.1. The van der Waals surface area contributed by atoms with Crippen LogP contribution in [0.1, 0.15) is 37.2 Å². The van der Waals surface area contributed by atoms with Crippen molar-refractivity contribution in [1.82, 2.24) is 14.9 Å². The number of aromatic nitrogens is 2. The number of aromatic amines is 1. The van der Waals surface area contributed by atoms with Gasteiger partial charge in [0.25, 0.3) is 5.56 Å². The molecule has 0 radical (unpaired) electrons. The van der Waals surface area contributed by atoms with Gasteiger partial charge in [-0.2, -0.15) is 0 Å². The van der Waals surface area contributed by atoms with Crippen LogP contribution in [-0.4, -0.2) is 28.0 Å². The highest BCUT2D eigenvalue weighted by Gasteiger charge is 2.19. The maximum Gasteiger partial charge on any atom is 0.251 e. The monoisotopic (exact) mass is 283 g/mol. The molecule has 1 fully saturated rings. The van der Waals surface area contributed by atoms with Crippen LogP contribution in [0, 0.1) is 6.92 Å². The molecule has 0 amide bonds. The summed E-state index contributed by atoms with van der Waals surface area (Å²) in [6.45, 7) is 6.44. The summed E-state index contributed by atoms with van der Waals surface area (Å²) in [7, 11) is 0. The topological polar surface area (TPSA) is 49.0 Å². The second kappa shape index (κ2) is 5.82. The van der Waals surface area contributed by atoms with Gasteiger partial charge in [0, 0.05) is 17.7 Å². The van der Waals surface area contributed by atoms with Crippen LogP contribution in [0.4, 0.5) is 0 Å². The number of hydrogen-bond donors (Lipinski definition) is 1. The fraction of sp³-hybridized carbons (Fsp3) is 0.412. The van der Waals surface area contributed by atoms with E-state index in [2.05, 4.69) is 46.1 Å². The van der Waals surface area contributed by atoms with E-state index in [1.807, 2.05) is 0 Å². The van der Waals surface area contributed by atoms with Gasteiger partial charge in [0.2, 0.25) is 0 Å². The molecule has 3 rings (SSSR count). The molecule has 0 spiro atoms. The van der Waals surface area contributed by atoms with Crippen LogP contribution < -0.4 is 5.56 Å². The Morgan fingerprint density at radius 2 is 1.86 bits per heavy atom. The van der Waals surface area contributed by atoms with E-state index in [1.54, 1.807) is 13.0 Å². The first-order valence-corrected chi connectivity index (χ1v) is 7.56. The molecule has 0 aliphatic carbocycles. The van der Waals surface area contributed by atoms with Crippen molar-refractivity contribution in [1.29, 1.82) is 0 Å². The SMILES string of the molecule is Cc1nc(-c2ccc(C(C)N3CCCC3)cc2)cc(=O)[nH]1. The van der Waals surface area contributed by atoms with Gasteiger partial charge in [-0.05, 0) is 45.3 Å². The third-order valence-electron chi connectivity index (χ3n) is 4.24. The summed E-state index contributed by atoms with van der Waals surface area (Å²) < 4.78 is 0. The second-order valence-corrected chi connectivity index (χ2v) is 5.76. The molecule has 0 saturated carbocycles. The van der Waals surface area contributed by atoms with E-state index in [4.69, 9.17) is 0 Å². The normalized spacial score (nSPS) is 17.0. The Kier molecular flexibility index (Phi) is 3.88. The quantitative estimate of drug-likeness (QED) is 0.942. The Morgan fingerprint density at radius 3 is 2.48 bits per heavy atom. The van der Waals surface area contributed by atoms with Crippen LogP contribution in [0.2, 0.25) is 0 Å². The van der Waals surface area contributed by atoms with Crippen molar-refractivity contribution in [3.8, 4) is 11.3 Å². The lowest BCUT2D eigenvalue weighted by Crippen LogP contribution is -2.23. The number of rotatable bonds is 3. The van der Waals surface area contributed by atoms with Crippen LogP contribution >= 0.6 is 0 Å². The van der Waals surface area contributed by atoms with Gasteiger partial charge in [0.15, 0.2) is 0 Å². The minimum atomic E-state index is -0.105. The molecule has 1 aliphatic heterocycles. The highest BCUT2D eigenvalue weighted by molar-refractivity contribution is 5.59. The predicted octanol–water partition coefficient (Wildman–Crippen LogP) is 2.90. The van der Waals surface area contributed by atoms with Gasteiger partial charge in [-0.25, -0.2) is 4.98 Å². The van der Waals surface area contributed by atoms with Crippen molar-refractivity contribution < 1.29 is 0 Å². The van der Waals surface area contributed by atoms with Crippen LogP contribution in [0.5, 0.6) is 0 Å². The average Bonchev–Trinajstić information content (AvgIpc) is 3.00. The van der Waals surface area contributed by atoms with E-state index in [9.17, 15) is 4.79 Å². The molecule has 4 heteroatoms. The Bertz CT molecular complexity index is 669. The summed E-state index contributed by atoms with van der Waals surface area (Å²) >= 11 is 0. The van der Waals surface area contributed by atoms with Gasteiger partial charge < -0.3 is 4.98 Å². The molecule has 4 nitrogen and oxygen atoms in total. The Morgan fingerprint density at radius 1 is 1.19 bits per heavy atom. The van der Waals surface area contributed by atoms with E-state index in [-0.39, 0.29) is 5.56 Å². The van der Waals surface area contributed by atoms with Crippen LogP contribution in [0.3, 0.4) is 0 Å². The van der Waals surface area contributed by atoms with Gasteiger partial charge in [0.05, 0.1) is 5.69 Å². The van der Waals surface area contributed by atoms with Crippen LogP contribution in [0.25, 0.3) is 11.3 Å². The van der Waals surface area contributed by atoms with Crippen molar-refractivity contribution in [3.05, 3.63) is 52.1 Å². The van der Waals surface area contributed by atoms with Crippen LogP contribution in [-0.2, 0) is 0 Å². The van der Waals surface area contributed by atoms with Gasteiger partial charge >= 0.3 is 0 Å². The van der Waals surface area contributed by atoms with Crippen molar-refractivity contribution >= 4 is 0 Å². The van der Waals surface area contributed by atoms with Crippen LogP contribution in [0.15, 0.2) is 35.1 Å². The number of benzene rings is 1. The van der Waals surface area contributed by atoms with E-state index < -0.39 is 0 Å². The molecular weight excluding hydrogens is 262 g/mol. The first-order chi connectivity index (χ1) is 10.1. The van der Waals surface area contributed by atoms with E-state index in [0.717, 1.165) is 11.3 Å². The molecule has 1 N–H and O–H groups in total. The molecule has 2 aromatic rings. The molecule has 110 valence electrons. The largest absolute Gasteiger partial charge is 0.311 e. The van der Waals surface area contributed by atoms with E-state index >= 15 is 0 Å². The van der Waals surface area contributed by atoms with E-state index in [1.165, 1.54) is 31.5 Å². The van der Waals surface area contributed by atoms with Crippen molar-refractivity contribution in [2.45, 2.75) is 32.7 Å². The molecule has 1 aliphatic rings. The summed E-state index contributed by atoms with van der Waals surface area (Å²) in [6.07, 6.45) is 2.61. The summed E-state index contributed by atoms with van der Waals surface area (Å²) in [4.78, 5) is 21.1. The smallest absolute Gasteiger partial charge is 0.251 e. The van der Waals surface area contributed by atoms with Crippen molar-refractivity contribution in [3.63, 3.8) is 0 Å². The van der Waals surface area contributed by atoms with Gasteiger partial charge in [-0.3, -0.25) is 9.69 Å². The zero-order valence-electron chi connectivity index (χ0n) is 12.6. The molecule has 2 heterocycles. The van der Waals surface area contributed by atoms with Gasteiger partial charge in [0.1, 0.15) is 5.82 Å². The molecule has 0 bridgehead atoms. The average molecular weight is 283 g/mol. The lowest BCUT2D eigenvalue weighted by atomic mass is 10.0. The zero-order chi connectivity index (χ0) is 14.8. The summed E-state index contributed by atoms with van der Waals surface area (Å²) in [5.41, 5.74) is 2.94. The van der Waals surface area contributed by atoms with Crippen molar-refractivity contribution in [2.75, 3.05) is 13.1 Å². The van der Waals surface area contributed by atoms with Gasteiger partial charge in [-0.1, -0.05) is 24.3 Å². The minimum Gasteiger partial charge on any atom is -0.311 e. The molecule has 1 saturated heterocycles. The molecular formula is C17H21N3O. The van der Waals surface area contributed by atoms with Gasteiger partial charge in [-0.15, -0.1) is 0 Å². The lowest BCUT2D eigenvalue weighted by molar-refractivity contribution is 0.263. The highest BCUT2D eigenvalue weighted by Crippen LogP contribution is 2.26. The maximum absolute atomic E-state index is 11.5. The molecule has 21 heavy (non-hydrogen) atoms. The second-order valence-electron chi connectivity index (χ2n) is 5.76. The Labute approximate surface area is 124 Å². The lowest BCUT2D eigenvalue weighted by Gasteiger charge is -2.24. The number of nitrogens with zero attached hydrogens (tertiary/aromatic N) is 2. The number of H-pyrrole nitrogens is 1. The third-order valence-corrected chi connectivity index (χ3v) is 4.24. The fourth-order valence-corrected chi connectivity index (χ4v) is 3.00. The minimum absolute atomic E-state index is 0.105. The number of nitrogens with one attached hydrogen (secondary N) is 1. The first-order valence-electron chi connectivity index (χ1n) is 7.56. The molecule has 1 aromatic carbocycles. The molecule has 1 atom stereocenters.